The lowest BCUT2D eigenvalue weighted by molar-refractivity contribution is 0.651. The topological polar surface area (TPSA) is 29.4 Å². The highest BCUT2D eigenvalue weighted by atomic mass is 32.2. The Hall–Kier alpha value is -0.960. The maximum Gasteiger partial charge on any atom is 0.144 e. The van der Waals surface area contributed by atoms with E-state index in [2.05, 4.69) is 30.4 Å². The second-order valence-electron chi connectivity index (χ2n) is 5.42. The molecule has 0 spiro atoms. The molecule has 0 radical (unpaired) electrons. The largest absolute Gasteiger partial charge is 0.234 e. The Balaban J connectivity index is 2.76. The Morgan fingerprint density at radius 2 is 1.71 bits per heavy atom. The third kappa shape index (κ3) is 4.43. The fourth-order valence-electron chi connectivity index (χ4n) is 1.23. The van der Waals surface area contributed by atoms with Crippen LogP contribution in [-0.4, -0.2) is 15.2 Å². The maximum atomic E-state index is 11.7. The molecule has 3 heteroatoms. The van der Waals surface area contributed by atoms with E-state index in [9.17, 15) is 4.21 Å². The molecular formula is C14H21NOS. The van der Waals surface area contributed by atoms with Crippen molar-refractivity contribution in [3.05, 3.63) is 35.4 Å². The summed E-state index contributed by atoms with van der Waals surface area (Å²) in [5.74, 6) is 0.532. The molecule has 0 aliphatic heterocycles. The molecule has 0 aromatic heterocycles. The zero-order valence-corrected chi connectivity index (χ0v) is 12.0. The molecule has 1 rings (SSSR count). The van der Waals surface area contributed by atoms with Gasteiger partial charge >= 0.3 is 0 Å². The minimum atomic E-state index is -1.18. The fourth-order valence-corrected chi connectivity index (χ4v) is 1.77. The molecule has 0 saturated carbocycles. The molecule has 2 nitrogen and oxygen atoms in total. The van der Waals surface area contributed by atoms with E-state index in [1.165, 1.54) is 5.56 Å². The third-order valence-corrected chi connectivity index (χ3v) is 3.77. The predicted molar refractivity (Wildman–Crippen MR) is 76.0 cm³/mol. The van der Waals surface area contributed by atoms with Crippen LogP contribution >= 0.6 is 0 Å². The van der Waals surface area contributed by atoms with E-state index in [0.29, 0.717) is 5.92 Å². The third-order valence-electron chi connectivity index (χ3n) is 2.42. The molecule has 94 valence electrons. The minimum absolute atomic E-state index is 0.297. The molecule has 1 atom stereocenters. The highest BCUT2D eigenvalue weighted by molar-refractivity contribution is 7.85. The standard InChI is InChI=1S/C14H21NOS/c1-11(2)13-8-6-12(7-9-13)10-15-17(16)14(3,4)5/h6-11H,1-5H3/b15-10+. The molecule has 0 N–H and O–H groups in total. The summed E-state index contributed by atoms with van der Waals surface area (Å²) in [6.45, 7) is 10.1. The SMILES string of the molecule is CC(C)c1ccc(/C=N/S(=O)C(C)(C)C)cc1. The van der Waals surface area contributed by atoms with Gasteiger partial charge in [0.2, 0.25) is 0 Å². The van der Waals surface area contributed by atoms with Crippen molar-refractivity contribution in [2.75, 3.05) is 0 Å². The average molecular weight is 251 g/mol. The highest BCUT2D eigenvalue weighted by Gasteiger charge is 2.17. The van der Waals surface area contributed by atoms with Crippen LogP contribution in [0.3, 0.4) is 0 Å². The van der Waals surface area contributed by atoms with Gasteiger partial charge in [0.15, 0.2) is 0 Å². The van der Waals surface area contributed by atoms with Gasteiger partial charge in [0, 0.05) is 6.21 Å². The van der Waals surface area contributed by atoms with Gasteiger partial charge in [-0.2, -0.15) is 4.40 Å². The van der Waals surface area contributed by atoms with Gasteiger partial charge in [0.1, 0.15) is 11.0 Å². The molecule has 1 aromatic rings. The molecule has 0 aliphatic carbocycles. The zero-order valence-electron chi connectivity index (χ0n) is 11.2. The smallest absolute Gasteiger partial charge is 0.144 e. The lowest BCUT2D eigenvalue weighted by atomic mass is 10.0. The first-order valence-corrected chi connectivity index (χ1v) is 6.97. The van der Waals surface area contributed by atoms with Gasteiger partial charge in [-0.1, -0.05) is 38.1 Å². The summed E-state index contributed by atoms with van der Waals surface area (Å²) in [5, 5.41) is 0. The number of nitrogens with zero attached hydrogens (tertiary/aromatic N) is 1. The Kier molecular flexibility index (Phi) is 4.63. The first kappa shape index (κ1) is 14.1. The van der Waals surface area contributed by atoms with Gasteiger partial charge < -0.3 is 0 Å². The number of hydrogen-bond acceptors (Lipinski definition) is 1. The summed E-state index contributed by atoms with van der Waals surface area (Å²) in [7, 11) is -1.18. The van der Waals surface area contributed by atoms with Crippen LogP contribution in [0.25, 0.3) is 0 Å². The molecule has 1 aromatic carbocycles. The van der Waals surface area contributed by atoms with Crippen LogP contribution < -0.4 is 0 Å². The quantitative estimate of drug-likeness (QED) is 0.753. The maximum absolute atomic E-state index is 11.7. The highest BCUT2D eigenvalue weighted by Crippen LogP contribution is 2.15. The lowest BCUT2D eigenvalue weighted by Gasteiger charge is -2.12. The molecule has 0 heterocycles. The molecule has 0 bridgehead atoms. The van der Waals surface area contributed by atoms with Crippen molar-refractivity contribution in [1.29, 1.82) is 0 Å². The summed E-state index contributed by atoms with van der Waals surface area (Å²) in [6, 6.07) is 8.20. The van der Waals surface area contributed by atoms with Crippen molar-refractivity contribution in [2.24, 2.45) is 4.40 Å². The first-order valence-electron chi connectivity index (χ1n) is 5.86. The van der Waals surface area contributed by atoms with Crippen LogP contribution in [0, 0.1) is 0 Å². The predicted octanol–water partition coefficient (Wildman–Crippen LogP) is 3.69. The normalized spacial score (nSPS) is 14.5. The van der Waals surface area contributed by atoms with E-state index >= 15 is 0 Å². The molecule has 0 fully saturated rings. The second kappa shape index (κ2) is 5.58. The van der Waals surface area contributed by atoms with Gasteiger partial charge in [-0.05, 0) is 37.8 Å². The minimum Gasteiger partial charge on any atom is -0.234 e. The number of hydrogen-bond donors (Lipinski definition) is 0. The van der Waals surface area contributed by atoms with Crippen molar-refractivity contribution >= 4 is 17.2 Å². The monoisotopic (exact) mass is 251 g/mol. The summed E-state index contributed by atoms with van der Waals surface area (Å²) >= 11 is 0. The van der Waals surface area contributed by atoms with Gasteiger partial charge in [-0.15, -0.1) is 0 Å². The van der Waals surface area contributed by atoms with Crippen LogP contribution in [0.5, 0.6) is 0 Å². The van der Waals surface area contributed by atoms with Crippen molar-refractivity contribution < 1.29 is 4.21 Å². The summed E-state index contributed by atoms with van der Waals surface area (Å²) in [6.07, 6.45) is 1.69. The van der Waals surface area contributed by atoms with Crippen molar-refractivity contribution in [1.82, 2.24) is 0 Å². The van der Waals surface area contributed by atoms with E-state index in [1.54, 1.807) is 6.21 Å². The fraction of sp³-hybridized carbons (Fsp3) is 0.500. The van der Waals surface area contributed by atoms with E-state index in [0.717, 1.165) is 5.56 Å². The van der Waals surface area contributed by atoms with E-state index in [-0.39, 0.29) is 4.75 Å². The summed E-state index contributed by atoms with van der Waals surface area (Å²) in [4.78, 5) is 0. The van der Waals surface area contributed by atoms with Gasteiger partial charge in [0.05, 0.1) is 4.75 Å². The van der Waals surface area contributed by atoms with Crippen LogP contribution in [0.15, 0.2) is 28.7 Å². The summed E-state index contributed by atoms with van der Waals surface area (Å²) in [5.41, 5.74) is 2.30. The van der Waals surface area contributed by atoms with Crippen molar-refractivity contribution in [2.45, 2.75) is 45.3 Å². The van der Waals surface area contributed by atoms with Gasteiger partial charge in [0.25, 0.3) is 0 Å². The number of benzene rings is 1. The molecular weight excluding hydrogens is 230 g/mol. The lowest BCUT2D eigenvalue weighted by Crippen LogP contribution is -2.19. The Morgan fingerprint density at radius 1 is 1.18 bits per heavy atom. The van der Waals surface area contributed by atoms with Crippen LogP contribution in [-0.2, 0) is 11.0 Å². The van der Waals surface area contributed by atoms with Gasteiger partial charge in [-0.3, -0.25) is 0 Å². The number of rotatable bonds is 3. The van der Waals surface area contributed by atoms with E-state index in [4.69, 9.17) is 0 Å². The molecule has 0 aliphatic rings. The Bertz CT molecular complexity index is 413. The zero-order chi connectivity index (χ0) is 13.1. The second-order valence-corrected chi connectivity index (χ2v) is 7.35. The van der Waals surface area contributed by atoms with Gasteiger partial charge in [-0.25, -0.2) is 4.21 Å². The molecule has 0 saturated heterocycles. The van der Waals surface area contributed by atoms with Crippen LogP contribution in [0.1, 0.15) is 51.7 Å². The van der Waals surface area contributed by atoms with E-state index < -0.39 is 11.0 Å². The van der Waals surface area contributed by atoms with Crippen LogP contribution in [0.2, 0.25) is 0 Å². The molecule has 1 unspecified atom stereocenters. The summed E-state index contributed by atoms with van der Waals surface area (Å²) < 4.78 is 15.5. The first-order chi connectivity index (χ1) is 7.80. The van der Waals surface area contributed by atoms with Crippen molar-refractivity contribution in [3.63, 3.8) is 0 Å². The molecule has 17 heavy (non-hydrogen) atoms. The van der Waals surface area contributed by atoms with Crippen LogP contribution in [0.4, 0.5) is 0 Å². The Morgan fingerprint density at radius 3 is 2.12 bits per heavy atom. The van der Waals surface area contributed by atoms with Crippen molar-refractivity contribution in [3.8, 4) is 0 Å². The molecule has 0 amide bonds. The van der Waals surface area contributed by atoms with E-state index in [1.807, 2.05) is 32.9 Å². The Labute approximate surface area is 107 Å². The average Bonchev–Trinajstić information content (AvgIpc) is 2.25.